The van der Waals surface area contributed by atoms with E-state index >= 15 is 0 Å². The molecule has 0 radical (unpaired) electrons. The first-order valence-corrected chi connectivity index (χ1v) is 4.72. The molecule has 0 fully saturated rings. The van der Waals surface area contributed by atoms with Gasteiger partial charge in [-0.3, -0.25) is 0 Å². The molecule has 0 saturated heterocycles. The van der Waals surface area contributed by atoms with Crippen LogP contribution in [0.5, 0.6) is 0 Å². The lowest BCUT2D eigenvalue weighted by atomic mass is 10.4. The maximum atomic E-state index is 10.1. The number of aromatic carboxylic acids is 1. The van der Waals surface area contributed by atoms with E-state index in [4.69, 9.17) is 5.11 Å². The number of carbonyl (C=O) groups is 2. The van der Waals surface area contributed by atoms with E-state index in [2.05, 4.69) is 0 Å². The normalized spacial score (nSPS) is 8.46. The lowest BCUT2D eigenvalue weighted by molar-refractivity contribution is -0.116. The van der Waals surface area contributed by atoms with Crippen molar-refractivity contribution in [3.8, 4) is 0 Å². The van der Waals surface area contributed by atoms with E-state index in [9.17, 15) is 9.59 Å². The van der Waals surface area contributed by atoms with Gasteiger partial charge in [0.05, 0.1) is 0 Å². The fraction of sp³-hybridized carbons (Fsp3) is 0.333. The molecule has 0 aliphatic heterocycles. The van der Waals surface area contributed by atoms with E-state index in [1.165, 1.54) is 11.3 Å². The van der Waals surface area contributed by atoms with Gasteiger partial charge in [0.25, 0.3) is 0 Å². The minimum absolute atomic E-state index is 0.255. The highest BCUT2D eigenvalue weighted by Gasteiger charge is 1.99. The van der Waals surface area contributed by atoms with Crippen LogP contribution >= 0.6 is 11.3 Å². The highest BCUT2D eigenvalue weighted by molar-refractivity contribution is 7.11. The Morgan fingerprint density at radius 3 is 2.23 bits per heavy atom. The van der Waals surface area contributed by atoms with Gasteiger partial charge in [-0.05, 0) is 18.4 Å². The Bertz CT molecular complexity index is 264. The lowest BCUT2D eigenvalue weighted by Gasteiger charge is -1.78. The van der Waals surface area contributed by atoms with Crippen molar-refractivity contribution in [3.05, 3.63) is 22.4 Å². The first-order valence-electron chi connectivity index (χ1n) is 3.84. The average molecular weight is 200 g/mol. The Labute approximate surface area is 81.0 Å². The van der Waals surface area contributed by atoms with Crippen LogP contribution in [0.3, 0.4) is 0 Å². The molecule has 0 aromatic carbocycles. The summed E-state index contributed by atoms with van der Waals surface area (Å²) < 4.78 is 0. The van der Waals surface area contributed by atoms with Gasteiger partial charge < -0.3 is 9.90 Å². The van der Waals surface area contributed by atoms with E-state index in [-0.39, 0.29) is 5.78 Å². The second-order valence-electron chi connectivity index (χ2n) is 2.34. The molecular formula is C9H12O3S. The highest BCUT2D eigenvalue weighted by atomic mass is 32.1. The van der Waals surface area contributed by atoms with E-state index < -0.39 is 5.97 Å². The largest absolute Gasteiger partial charge is 0.477 e. The van der Waals surface area contributed by atoms with E-state index in [1.54, 1.807) is 24.4 Å². The number of hydrogen-bond donors (Lipinski definition) is 1. The summed E-state index contributed by atoms with van der Waals surface area (Å²) in [6, 6.07) is 3.29. The van der Waals surface area contributed by atoms with Crippen molar-refractivity contribution in [3.63, 3.8) is 0 Å². The highest BCUT2D eigenvalue weighted by Crippen LogP contribution is 2.06. The molecule has 0 unspecified atom stereocenters. The van der Waals surface area contributed by atoms with Crippen LogP contribution in [-0.4, -0.2) is 16.9 Å². The Morgan fingerprint density at radius 1 is 1.54 bits per heavy atom. The van der Waals surface area contributed by atoms with Crippen molar-refractivity contribution < 1.29 is 14.7 Å². The number of hydrogen-bond acceptors (Lipinski definition) is 3. The topological polar surface area (TPSA) is 54.4 Å². The van der Waals surface area contributed by atoms with Gasteiger partial charge in [-0.15, -0.1) is 11.3 Å². The zero-order valence-corrected chi connectivity index (χ0v) is 8.43. The number of carboxylic acid groups (broad SMARTS) is 1. The minimum atomic E-state index is -0.847. The summed E-state index contributed by atoms with van der Waals surface area (Å²) in [5, 5.41) is 10.0. The zero-order valence-electron chi connectivity index (χ0n) is 7.61. The molecule has 0 aliphatic rings. The standard InChI is InChI=1S/C5H4O2S.C4H8O/c6-5(7)4-2-1-3-8-4;1-3-4(2)5/h1-3H,(H,6,7);3H2,1-2H3. The van der Waals surface area contributed by atoms with Crippen molar-refractivity contribution in [2.75, 3.05) is 0 Å². The Morgan fingerprint density at radius 2 is 2.08 bits per heavy atom. The van der Waals surface area contributed by atoms with Crippen LogP contribution < -0.4 is 0 Å². The van der Waals surface area contributed by atoms with Crippen molar-refractivity contribution in [1.29, 1.82) is 0 Å². The molecule has 0 bridgehead atoms. The average Bonchev–Trinajstić information content (AvgIpc) is 2.57. The van der Waals surface area contributed by atoms with Gasteiger partial charge in [0.2, 0.25) is 0 Å². The number of thiophene rings is 1. The summed E-state index contributed by atoms with van der Waals surface area (Å²) in [6.45, 7) is 3.43. The van der Waals surface area contributed by atoms with Crippen LogP contribution in [-0.2, 0) is 4.79 Å². The predicted octanol–water partition coefficient (Wildman–Crippen LogP) is 2.43. The summed E-state index contributed by atoms with van der Waals surface area (Å²) in [7, 11) is 0. The molecule has 1 aromatic rings. The van der Waals surface area contributed by atoms with E-state index in [0.29, 0.717) is 11.3 Å². The summed E-state index contributed by atoms with van der Waals surface area (Å²) >= 11 is 1.23. The quantitative estimate of drug-likeness (QED) is 0.797. The number of carboxylic acids is 1. The molecule has 0 atom stereocenters. The molecule has 0 saturated carbocycles. The molecule has 1 N–H and O–H groups in total. The van der Waals surface area contributed by atoms with Crippen LogP contribution in [0.2, 0.25) is 0 Å². The first kappa shape index (κ1) is 11.8. The monoisotopic (exact) mass is 200 g/mol. The van der Waals surface area contributed by atoms with Gasteiger partial charge in [0.15, 0.2) is 0 Å². The van der Waals surface area contributed by atoms with Crippen molar-refractivity contribution in [2.24, 2.45) is 0 Å². The van der Waals surface area contributed by atoms with Crippen LogP contribution in [0.15, 0.2) is 17.5 Å². The van der Waals surface area contributed by atoms with Gasteiger partial charge in [-0.25, -0.2) is 4.79 Å². The third-order valence-electron chi connectivity index (χ3n) is 1.23. The third-order valence-corrected chi connectivity index (χ3v) is 2.09. The van der Waals surface area contributed by atoms with E-state index in [0.717, 1.165) is 0 Å². The molecule has 3 nitrogen and oxygen atoms in total. The maximum Gasteiger partial charge on any atom is 0.345 e. The minimum Gasteiger partial charge on any atom is -0.477 e. The summed E-state index contributed by atoms with van der Waals surface area (Å²) in [6.07, 6.45) is 0.667. The maximum absolute atomic E-state index is 10.1. The molecule has 4 heteroatoms. The molecular weight excluding hydrogens is 188 g/mol. The number of rotatable bonds is 2. The summed E-state index contributed by atoms with van der Waals surface area (Å²) in [4.78, 5) is 20.3. The molecule has 0 amide bonds. The molecule has 1 rings (SSSR count). The third kappa shape index (κ3) is 6.04. The molecule has 13 heavy (non-hydrogen) atoms. The van der Waals surface area contributed by atoms with Crippen molar-refractivity contribution >= 4 is 23.1 Å². The van der Waals surface area contributed by atoms with Crippen LogP contribution in [0, 0.1) is 0 Å². The summed E-state index contributed by atoms with van der Waals surface area (Å²) in [5.74, 6) is -0.593. The number of ketones is 1. The number of carbonyl (C=O) groups excluding carboxylic acids is 1. The second-order valence-corrected chi connectivity index (χ2v) is 3.29. The van der Waals surface area contributed by atoms with Crippen molar-refractivity contribution in [1.82, 2.24) is 0 Å². The Hall–Kier alpha value is -1.16. The van der Waals surface area contributed by atoms with Gasteiger partial charge >= 0.3 is 5.97 Å². The van der Waals surface area contributed by atoms with Crippen LogP contribution in [0.25, 0.3) is 0 Å². The Balaban J connectivity index is 0.000000252. The van der Waals surface area contributed by atoms with Crippen LogP contribution in [0.1, 0.15) is 29.9 Å². The summed E-state index contributed by atoms with van der Waals surface area (Å²) in [5.41, 5.74) is 0. The van der Waals surface area contributed by atoms with Gasteiger partial charge in [-0.1, -0.05) is 13.0 Å². The van der Waals surface area contributed by atoms with Gasteiger partial charge in [-0.2, -0.15) is 0 Å². The van der Waals surface area contributed by atoms with Crippen LogP contribution in [0.4, 0.5) is 0 Å². The fourth-order valence-corrected chi connectivity index (χ4v) is 0.962. The lowest BCUT2D eigenvalue weighted by Crippen LogP contribution is -1.89. The first-order chi connectivity index (χ1) is 6.07. The second kappa shape index (κ2) is 6.37. The van der Waals surface area contributed by atoms with Gasteiger partial charge in [0.1, 0.15) is 10.7 Å². The number of Topliss-reactive ketones (excluding diaryl/α,β-unsaturated/α-hetero) is 1. The van der Waals surface area contributed by atoms with E-state index in [1.807, 2.05) is 6.92 Å². The smallest absolute Gasteiger partial charge is 0.345 e. The predicted molar refractivity (Wildman–Crippen MR) is 52.3 cm³/mol. The molecule has 1 aromatic heterocycles. The molecule has 1 heterocycles. The SMILES string of the molecule is CCC(C)=O.O=C(O)c1cccs1. The molecule has 0 aliphatic carbocycles. The Kier molecular flexibility index (Phi) is 5.80. The van der Waals surface area contributed by atoms with Crippen molar-refractivity contribution in [2.45, 2.75) is 20.3 Å². The zero-order chi connectivity index (χ0) is 10.3. The molecule has 72 valence electrons. The van der Waals surface area contributed by atoms with Gasteiger partial charge in [0, 0.05) is 6.42 Å². The fourth-order valence-electron chi connectivity index (χ4n) is 0.400. The molecule has 0 spiro atoms.